The van der Waals surface area contributed by atoms with Gasteiger partial charge in [0.15, 0.2) is 0 Å². The van der Waals surface area contributed by atoms with E-state index in [0.29, 0.717) is 74.1 Å². The molecular formula is C64H48F3N5. The number of fused-ring (bicyclic) bond motifs is 8. The second-order valence-corrected chi connectivity index (χ2v) is 19.1. The van der Waals surface area contributed by atoms with Gasteiger partial charge >= 0.3 is 6.18 Å². The molecule has 4 aliphatic rings. The number of hydrogen-bond acceptors (Lipinski definition) is 5. The van der Waals surface area contributed by atoms with Gasteiger partial charge in [0.1, 0.15) is 17.2 Å². The highest BCUT2D eigenvalue weighted by Crippen LogP contribution is 2.65. The van der Waals surface area contributed by atoms with Crippen LogP contribution >= 0.6 is 0 Å². The predicted octanol–water partition coefficient (Wildman–Crippen LogP) is 16.9. The summed E-state index contributed by atoms with van der Waals surface area (Å²) in [5.74, 6) is 0. The molecule has 0 saturated carbocycles. The summed E-state index contributed by atoms with van der Waals surface area (Å²) in [5.41, 5.74) is 12.4. The van der Waals surface area contributed by atoms with Crippen LogP contribution in [0.1, 0.15) is 55.6 Å². The van der Waals surface area contributed by atoms with Crippen LogP contribution in [0.4, 0.5) is 81.4 Å². The van der Waals surface area contributed by atoms with Crippen LogP contribution in [0.5, 0.6) is 0 Å². The van der Waals surface area contributed by atoms with Gasteiger partial charge in [-0.05, 0) is 144 Å². The van der Waals surface area contributed by atoms with Gasteiger partial charge in [0, 0.05) is 45.5 Å². The number of benzene rings is 9. The maximum absolute atomic E-state index is 18.4. The molecule has 8 heteroatoms. The van der Waals surface area contributed by atoms with Crippen LogP contribution in [-0.2, 0) is 57.5 Å². The average Bonchev–Trinajstić information content (AvgIpc) is 3.84. The first-order chi connectivity index (χ1) is 35.4. The zero-order chi connectivity index (χ0) is 48.5. The minimum Gasteiger partial charge on any atom is -0.307 e. The van der Waals surface area contributed by atoms with E-state index >= 15 is 13.2 Å². The molecule has 4 aliphatic heterocycles. The summed E-state index contributed by atoms with van der Waals surface area (Å²) < 4.78 is 55.3. The first kappa shape index (κ1) is 43.5. The van der Waals surface area contributed by atoms with Gasteiger partial charge in [-0.1, -0.05) is 146 Å². The summed E-state index contributed by atoms with van der Waals surface area (Å²) in [6.07, 6.45) is 0.0245. The molecule has 0 unspecified atom stereocenters. The Kier molecular flexibility index (Phi) is 10.5. The maximum Gasteiger partial charge on any atom is 0.420 e. The maximum atomic E-state index is 18.4. The van der Waals surface area contributed by atoms with Crippen molar-refractivity contribution in [2.24, 2.45) is 0 Å². The molecule has 0 radical (unpaired) electrons. The highest BCUT2D eigenvalue weighted by atomic mass is 19.4. The first-order valence-electron chi connectivity index (χ1n) is 24.9. The minimum absolute atomic E-state index is 0.110. The van der Waals surface area contributed by atoms with Crippen molar-refractivity contribution in [1.82, 2.24) is 0 Å². The summed E-state index contributed by atoms with van der Waals surface area (Å²) in [4.78, 5) is 7.73. The molecule has 0 N–H and O–H groups in total. The summed E-state index contributed by atoms with van der Waals surface area (Å²) in [6.45, 7) is 0. The van der Waals surface area contributed by atoms with Crippen molar-refractivity contribution in [1.29, 1.82) is 5.26 Å². The van der Waals surface area contributed by atoms with Crippen molar-refractivity contribution in [3.8, 4) is 6.07 Å². The lowest BCUT2D eigenvalue weighted by Crippen LogP contribution is -2.29. The van der Waals surface area contributed by atoms with Gasteiger partial charge in [0.2, 0.25) is 0 Å². The second kappa shape index (κ2) is 17.4. The molecule has 350 valence electrons. The van der Waals surface area contributed by atoms with Crippen LogP contribution < -0.4 is 19.6 Å². The molecular weight excluding hydrogens is 896 g/mol. The monoisotopic (exact) mass is 943 g/mol. The van der Waals surface area contributed by atoms with E-state index in [0.717, 1.165) is 67.3 Å². The van der Waals surface area contributed by atoms with Crippen LogP contribution in [0.3, 0.4) is 0 Å². The van der Waals surface area contributed by atoms with Gasteiger partial charge in [-0.3, -0.25) is 0 Å². The van der Waals surface area contributed by atoms with Crippen molar-refractivity contribution in [2.75, 3.05) is 19.6 Å². The number of anilines is 12. The Bertz CT molecular complexity index is 3250. The van der Waals surface area contributed by atoms with Crippen molar-refractivity contribution >= 4 is 68.2 Å². The summed E-state index contributed by atoms with van der Waals surface area (Å²) in [5, 5.41) is 12.7. The van der Waals surface area contributed by atoms with Crippen LogP contribution in [0, 0.1) is 11.3 Å². The normalized spacial score (nSPS) is 14.6. The summed E-state index contributed by atoms with van der Waals surface area (Å²) in [6, 6.07) is 66.3. The van der Waals surface area contributed by atoms with Crippen LogP contribution in [-0.4, -0.2) is 0 Å². The third-order valence-electron chi connectivity index (χ3n) is 15.2. The topological polar surface area (TPSA) is 36.8 Å². The zero-order valence-electron chi connectivity index (χ0n) is 39.5. The minimum atomic E-state index is -5.04. The van der Waals surface area contributed by atoms with Gasteiger partial charge in [-0.15, -0.1) is 0 Å². The van der Waals surface area contributed by atoms with Gasteiger partial charge in [0.25, 0.3) is 0 Å². The number of halogens is 3. The number of para-hydroxylation sites is 8. The van der Waals surface area contributed by atoms with Crippen molar-refractivity contribution in [3.05, 3.63) is 250 Å². The Morgan fingerprint density at radius 1 is 0.292 bits per heavy atom. The Morgan fingerprint density at radius 2 is 0.472 bits per heavy atom. The Labute approximate surface area is 417 Å². The van der Waals surface area contributed by atoms with Gasteiger partial charge < -0.3 is 19.6 Å². The molecule has 0 bridgehead atoms. The standard InChI is InChI=1S/C64H48F3N5/c65-64(66,67)59-62(71-55-29-13-5-21-46(55)37-38-47-22-6-14-30-56(47)71)60(69-51-25-9-1-17-42(51)33-34-43-18-2-10-26-52(43)69)50(41-68)61(70-53-27-11-3-19-44(53)35-36-45-20-4-12-28-54(45)70)63(59)72-57-31-15-7-23-48(57)39-40-49-24-8-16-32-58(49)72/h1-32H,33-40H2. The quantitative estimate of drug-likeness (QED) is 0.176. The smallest absolute Gasteiger partial charge is 0.307 e. The van der Waals surface area contributed by atoms with Crippen molar-refractivity contribution in [2.45, 2.75) is 57.5 Å². The molecule has 72 heavy (non-hydrogen) atoms. The Balaban J connectivity index is 1.34. The van der Waals surface area contributed by atoms with E-state index in [-0.39, 0.29) is 28.3 Å². The van der Waals surface area contributed by atoms with E-state index in [1.54, 1.807) is 0 Å². The lowest BCUT2D eigenvalue weighted by Gasteiger charge is -2.42. The molecule has 5 nitrogen and oxygen atoms in total. The number of alkyl halides is 3. The van der Waals surface area contributed by atoms with Crippen molar-refractivity contribution in [3.63, 3.8) is 0 Å². The van der Waals surface area contributed by atoms with Gasteiger partial charge in [-0.25, -0.2) is 0 Å². The third-order valence-corrected chi connectivity index (χ3v) is 15.2. The van der Waals surface area contributed by atoms with E-state index in [1.807, 2.05) is 189 Å². The molecule has 0 spiro atoms. The fourth-order valence-corrected chi connectivity index (χ4v) is 12.0. The highest BCUT2D eigenvalue weighted by molar-refractivity contribution is 6.09. The average molecular weight is 944 g/mol. The molecule has 0 aromatic heterocycles. The molecule has 9 aromatic rings. The molecule has 4 heterocycles. The highest BCUT2D eigenvalue weighted by Gasteiger charge is 2.49. The molecule has 0 amide bonds. The lowest BCUT2D eigenvalue weighted by molar-refractivity contribution is -0.136. The predicted molar refractivity (Wildman–Crippen MR) is 285 cm³/mol. The Morgan fingerprint density at radius 3 is 0.653 bits per heavy atom. The number of rotatable bonds is 4. The molecule has 0 aliphatic carbocycles. The fourth-order valence-electron chi connectivity index (χ4n) is 12.0. The number of hydrogen-bond donors (Lipinski definition) is 0. The fraction of sp³-hybridized carbons (Fsp3) is 0.141. The van der Waals surface area contributed by atoms with E-state index in [4.69, 9.17) is 0 Å². The molecule has 13 rings (SSSR count). The number of aryl methyl sites for hydroxylation is 8. The van der Waals surface area contributed by atoms with Gasteiger partial charge in [0.05, 0.1) is 22.7 Å². The molecule has 0 saturated heterocycles. The molecule has 9 aromatic carbocycles. The van der Waals surface area contributed by atoms with E-state index in [9.17, 15) is 5.26 Å². The lowest BCUT2D eigenvalue weighted by atomic mass is 9.92. The van der Waals surface area contributed by atoms with Crippen LogP contribution in [0.2, 0.25) is 0 Å². The third kappa shape index (κ3) is 6.98. The molecule has 0 atom stereocenters. The van der Waals surface area contributed by atoms with E-state index in [2.05, 4.69) is 30.3 Å². The largest absolute Gasteiger partial charge is 0.420 e. The summed E-state index contributed by atoms with van der Waals surface area (Å²) >= 11 is 0. The zero-order valence-corrected chi connectivity index (χ0v) is 39.5. The number of nitriles is 1. The second-order valence-electron chi connectivity index (χ2n) is 19.1. The van der Waals surface area contributed by atoms with Crippen molar-refractivity contribution < 1.29 is 13.2 Å². The number of nitrogens with zero attached hydrogens (tertiary/aromatic N) is 5. The molecule has 0 fully saturated rings. The van der Waals surface area contributed by atoms with E-state index in [1.165, 1.54) is 0 Å². The SMILES string of the molecule is N#Cc1c(N2c3ccccc3CCc3ccccc32)c(N2c3ccccc3CCc3ccccc32)c(C(F)(F)F)c(N2c3ccccc3CCc3ccccc32)c1N1c2ccccc2CCc2ccccc21. The first-order valence-corrected chi connectivity index (χ1v) is 24.9. The van der Waals surface area contributed by atoms with Gasteiger partial charge in [-0.2, -0.15) is 18.4 Å². The van der Waals surface area contributed by atoms with E-state index < -0.39 is 11.7 Å². The van der Waals surface area contributed by atoms with Crippen LogP contribution in [0.15, 0.2) is 194 Å². The Hall–Kier alpha value is -8.54. The van der Waals surface area contributed by atoms with Crippen LogP contribution in [0.25, 0.3) is 0 Å². The summed E-state index contributed by atoms with van der Waals surface area (Å²) in [7, 11) is 0.